The molecule has 1 saturated heterocycles. The van der Waals surface area contributed by atoms with Gasteiger partial charge in [0.05, 0.1) is 5.76 Å². The first-order valence-electron chi connectivity index (χ1n) is 5.67. The molecule has 1 aromatic heterocycles. The minimum absolute atomic E-state index is 0.350. The van der Waals surface area contributed by atoms with Gasteiger partial charge < -0.3 is 14.3 Å². The van der Waals surface area contributed by atoms with Crippen molar-refractivity contribution >= 4 is 23.5 Å². The Balaban J connectivity index is 1.97. The smallest absolute Gasteiger partial charge is 0.534 e. The van der Waals surface area contributed by atoms with E-state index in [9.17, 15) is 0 Å². The Kier molecular flexibility index (Phi) is 2.10. The van der Waals surface area contributed by atoms with Crippen LogP contribution in [0.25, 0.3) is 10.9 Å². The second-order valence-electron chi connectivity index (χ2n) is 4.83. The van der Waals surface area contributed by atoms with E-state index in [-0.39, 0.29) is 7.12 Å². The van der Waals surface area contributed by atoms with E-state index >= 15 is 0 Å². The lowest BCUT2D eigenvalue weighted by molar-refractivity contribution is 0.173. The Hall–Kier alpha value is -1.68. The number of aromatic amines is 1. The second kappa shape index (κ2) is 3.41. The average Bonchev–Trinajstić information content (AvgIpc) is 2.83. The summed E-state index contributed by atoms with van der Waals surface area (Å²) in [5.74, 6) is 0.677. The Labute approximate surface area is 101 Å². The highest BCUT2D eigenvalue weighted by Crippen LogP contribution is 2.29. The molecule has 1 aliphatic heterocycles. The summed E-state index contributed by atoms with van der Waals surface area (Å²) in [5, 5.41) is 1.16. The summed E-state index contributed by atoms with van der Waals surface area (Å²) in [6.45, 7) is 7.81. The van der Waals surface area contributed by atoms with Crippen LogP contribution in [0.15, 0.2) is 42.8 Å². The molecular formula is C13H14BNO2. The third kappa shape index (κ3) is 1.65. The van der Waals surface area contributed by atoms with E-state index in [1.165, 1.54) is 0 Å². The van der Waals surface area contributed by atoms with Crippen molar-refractivity contribution < 1.29 is 9.31 Å². The summed E-state index contributed by atoms with van der Waals surface area (Å²) in [6.07, 6.45) is 1.92. The number of hydrogen-bond donors (Lipinski definition) is 1. The highest BCUT2D eigenvalue weighted by molar-refractivity contribution is 6.62. The van der Waals surface area contributed by atoms with E-state index in [1.807, 2.05) is 38.2 Å². The van der Waals surface area contributed by atoms with Gasteiger partial charge in [-0.1, -0.05) is 18.7 Å². The van der Waals surface area contributed by atoms with Crippen LogP contribution in [0.1, 0.15) is 13.8 Å². The minimum atomic E-state index is -0.419. The first kappa shape index (κ1) is 10.5. The van der Waals surface area contributed by atoms with Gasteiger partial charge in [0.15, 0.2) is 0 Å². The maximum absolute atomic E-state index is 5.84. The highest BCUT2D eigenvalue weighted by atomic mass is 16.7. The van der Waals surface area contributed by atoms with Crippen LogP contribution in [0.4, 0.5) is 0 Å². The molecule has 2 aromatic rings. The predicted octanol–water partition coefficient (Wildman–Crippen LogP) is 2.20. The zero-order valence-electron chi connectivity index (χ0n) is 9.99. The highest BCUT2D eigenvalue weighted by Gasteiger charge is 2.42. The zero-order valence-corrected chi connectivity index (χ0v) is 9.99. The van der Waals surface area contributed by atoms with Gasteiger partial charge in [-0.05, 0) is 36.8 Å². The molecule has 0 unspecified atom stereocenters. The van der Waals surface area contributed by atoms with Crippen LogP contribution in [0.5, 0.6) is 0 Å². The number of nitrogens with one attached hydrogen (secondary N) is 1. The molecule has 1 fully saturated rings. The number of fused-ring (bicyclic) bond motifs is 1. The first-order valence-corrected chi connectivity index (χ1v) is 5.67. The molecular weight excluding hydrogens is 213 g/mol. The number of rotatable bonds is 1. The van der Waals surface area contributed by atoms with E-state index < -0.39 is 5.60 Å². The van der Waals surface area contributed by atoms with Crippen molar-refractivity contribution in [3.8, 4) is 0 Å². The molecule has 0 spiro atoms. The van der Waals surface area contributed by atoms with Crippen molar-refractivity contribution in [3.63, 3.8) is 0 Å². The van der Waals surface area contributed by atoms with Crippen LogP contribution >= 0.6 is 0 Å². The second-order valence-corrected chi connectivity index (χ2v) is 4.83. The van der Waals surface area contributed by atoms with Crippen molar-refractivity contribution in [2.75, 3.05) is 0 Å². The van der Waals surface area contributed by atoms with Gasteiger partial charge in [0, 0.05) is 11.7 Å². The van der Waals surface area contributed by atoms with Gasteiger partial charge in [0.25, 0.3) is 0 Å². The molecule has 1 aromatic carbocycles. The monoisotopic (exact) mass is 227 g/mol. The molecule has 2 heterocycles. The third-order valence-electron chi connectivity index (χ3n) is 3.17. The van der Waals surface area contributed by atoms with Crippen LogP contribution in [-0.2, 0) is 9.31 Å². The van der Waals surface area contributed by atoms with Crippen molar-refractivity contribution in [3.05, 3.63) is 42.8 Å². The molecule has 0 aliphatic carbocycles. The molecule has 3 rings (SSSR count). The minimum Gasteiger partial charge on any atom is -0.534 e. The van der Waals surface area contributed by atoms with E-state index in [0.717, 1.165) is 16.4 Å². The van der Waals surface area contributed by atoms with Crippen LogP contribution in [-0.4, -0.2) is 17.7 Å². The van der Waals surface area contributed by atoms with E-state index in [2.05, 4.69) is 17.6 Å². The van der Waals surface area contributed by atoms with E-state index in [0.29, 0.717) is 5.76 Å². The topological polar surface area (TPSA) is 34.2 Å². The SMILES string of the molecule is C=C1OB(c2ccc3[nH]ccc3c2)OC1(C)C. The summed E-state index contributed by atoms with van der Waals surface area (Å²) < 4.78 is 11.5. The summed E-state index contributed by atoms with van der Waals surface area (Å²) in [6, 6.07) is 8.16. The maximum Gasteiger partial charge on any atom is 0.563 e. The van der Waals surface area contributed by atoms with Gasteiger partial charge in [-0.25, -0.2) is 0 Å². The average molecular weight is 227 g/mol. The molecule has 0 saturated carbocycles. The maximum atomic E-state index is 5.84. The van der Waals surface area contributed by atoms with Crippen LogP contribution in [0.2, 0.25) is 0 Å². The number of benzene rings is 1. The normalized spacial score (nSPS) is 18.7. The lowest BCUT2D eigenvalue weighted by Gasteiger charge is -2.15. The fraction of sp³-hybridized carbons (Fsp3) is 0.231. The number of hydrogen-bond acceptors (Lipinski definition) is 2. The molecule has 86 valence electrons. The van der Waals surface area contributed by atoms with E-state index in [1.54, 1.807) is 0 Å². The first-order chi connectivity index (χ1) is 8.06. The van der Waals surface area contributed by atoms with Crippen LogP contribution < -0.4 is 5.46 Å². The molecule has 3 nitrogen and oxygen atoms in total. The number of aromatic nitrogens is 1. The fourth-order valence-electron chi connectivity index (χ4n) is 1.98. The lowest BCUT2D eigenvalue weighted by atomic mass is 9.79. The molecule has 17 heavy (non-hydrogen) atoms. The third-order valence-corrected chi connectivity index (χ3v) is 3.17. The van der Waals surface area contributed by atoms with Gasteiger partial charge in [0.2, 0.25) is 0 Å². The Morgan fingerprint density at radius 2 is 2.12 bits per heavy atom. The fourth-order valence-corrected chi connectivity index (χ4v) is 1.98. The summed E-state index contributed by atoms with van der Waals surface area (Å²) in [4.78, 5) is 3.16. The van der Waals surface area contributed by atoms with Crippen molar-refractivity contribution in [1.29, 1.82) is 0 Å². The Morgan fingerprint density at radius 1 is 1.29 bits per heavy atom. The molecule has 0 bridgehead atoms. The Morgan fingerprint density at radius 3 is 2.82 bits per heavy atom. The van der Waals surface area contributed by atoms with Gasteiger partial charge >= 0.3 is 7.12 Å². The zero-order chi connectivity index (χ0) is 12.0. The summed E-state index contributed by atoms with van der Waals surface area (Å²) in [5.41, 5.74) is 1.71. The molecule has 1 aliphatic rings. The van der Waals surface area contributed by atoms with Crippen molar-refractivity contribution in [2.45, 2.75) is 19.4 Å². The van der Waals surface area contributed by atoms with Crippen molar-refractivity contribution in [2.24, 2.45) is 0 Å². The Bertz CT molecular complexity index is 588. The van der Waals surface area contributed by atoms with E-state index in [4.69, 9.17) is 9.31 Å². The summed E-state index contributed by atoms with van der Waals surface area (Å²) >= 11 is 0. The van der Waals surface area contributed by atoms with Crippen LogP contribution in [0, 0.1) is 0 Å². The van der Waals surface area contributed by atoms with Crippen molar-refractivity contribution in [1.82, 2.24) is 4.98 Å². The molecule has 0 atom stereocenters. The van der Waals surface area contributed by atoms with Gasteiger partial charge in [-0.2, -0.15) is 0 Å². The van der Waals surface area contributed by atoms with Gasteiger partial charge in [-0.3, -0.25) is 0 Å². The molecule has 1 N–H and O–H groups in total. The van der Waals surface area contributed by atoms with Gasteiger partial charge in [-0.15, -0.1) is 0 Å². The molecule has 0 radical (unpaired) electrons. The lowest BCUT2D eigenvalue weighted by Crippen LogP contribution is -2.34. The standard InChI is InChI=1S/C13H14BNO2/c1-9-13(2,3)17-14(16-9)11-4-5-12-10(8-11)6-7-15-12/h4-8,15H,1H2,2-3H3. The number of H-pyrrole nitrogens is 1. The predicted molar refractivity (Wildman–Crippen MR) is 69.1 cm³/mol. The van der Waals surface area contributed by atoms with Crippen LogP contribution in [0.3, 0.4) is 0 Å². The summed E-state index contributed by atoms with van der Waals surface area (Å²) in [7, 11) is -0.350. The largest absolute Gasteiger partial charge is 0.563 e. The van der Waals surface area contributed by atoms with Gasteiger partial charge in [0.1, 0.15) is 5.60 Å². The molecule has 0 amide bonds. The quantitative estimate of drug-likeness (QED) is 0.757. The molecule has 4 heteroatoms.